The number of nitrogens with zero attached hydrogens (tertiary/aromatic N) is 1. The summed E-state index contributed by atoms with van der Waals surface area (Å²) < 4.78 is 5.51. The fraction of sp³-hybridized carbons (Fsp3) is 0.632. The number of benzene rings is 1. The lowest BCUT2D eigenvalue weighted by Gasteiger charge is -2.36. The van der Waals surface area contributed by atoms with Crippen LogP contribution in [0.1, 0.15) is 38.7 Å². The molecule has 0 saturated carbocycles. The largest absolute Gasteiger partial charge is 0.396 e. The summed E-state index contributed by atoms with van der Waals surface area (Å²) in [5.41, 5.74) is 1.04. The molecule has 0 unspecified atom stereocenters. The number of hydrogen-bond donors (Lipinski definition) is 1. The van der Waals surface area contributed by atoms with E-state index in [0.717, 1.165) is 25.7 Å². The first-order valence-corrected chi connectivity index (χ1v) is 8.63. The van der Waals surface area contributed by atoms with Gasteiger partial charge in [-0.3, -0.25) is 4.79 Å². The van der Waals surface area contributed by atoms with Crippen LogP contribution >= 0.6 is 0 Å². The topological polar surface area (TPSA) is 49.8 Å². The van der Waals surface area contributed by atoms with Gasteiger partial charge >= 0.3 is 0 Å². The molecule has 2 fully saturated rings. The van der Waals surface area contributed by atoms with Crippen LogP contribution in [0.4, 0.5) is 0 Å². The first kappa shape index (κ1) is 16.5. The van der Waals surface area contributed by atoms with E-state index in [9.17, 15) is 9.90 Å². The van der Waals surface area contributed by atoms with Crippen molar-refractivity contribution in [1.82, 2.24) is 4.90 Å². The second-order valence-corrected chi connectivity index (χ2v) is 7.29. The molecule has 0 spiro atoms. The van der Waals surface area contributed by atoms with Gasteiger partial charge in [0.2, 0.25) is 5.91 Å². The molecule has 126 valence electrons. The highest BCUT2D eigenvalue weighted by atomic mass is 16.5. The van der Waals surface area contributed by atoms with Gasteiger partial charge in [-0.25, -0.2) is 0 Å². The monoisotopic (exact) mass is 317 g/mol. The maximum atomic E-state index is 12.6. The van der Waals surface area contributed by atoms with Gasteiger partial charge in [-0.05, 0) is 45.1 Å². The van der Waals surface area contributed by atoms with Gasteiger partial charge in [0.15, 0.2) is 0 Å². The SMILES string of the molecule is CC(C)OCC(=O)N1[C@H]2CC[C@@H]1[C@@](CO)(Cc1ccccc1)C2. The molecule has 4 nitrogen and oxygen atoms in total. The molecule has 0 aliphatic carbocycles. The number of carbonyl (C=O) groups excluding carboxylic acids is 1. The molecule has 23 heavy (non-hydrogen) atoms. The highest BCUT2D eigenvalue weighted by molar-refractivity contribution is 5.79. The highest BCUT2D eigenvalue weighted by Gasteiger charge is 2.56. The van der Waals surface area contributed by atoms with Crippen LogP contribution < -0.4 is 0 Å². The number of fused-ring (bicyclic) bond motifs is 2. The number of amides is 1. The van der Waals surface area contributed by atoms with Crippen LogP contribution in [0.2, 0.25) is 0 Å². The quantitative estimate of drug-likeness (QED) is 0.876. The van der Waals surface area contributed by atoms with Crippen LogP contribution in [0.25, 0.3) is 0 Å². The van der Waals surface area contributed by atoms with Gasteiger partial charge in [-0.2, -0.15) is 0 Å². The highest BCUT2D eigenvalue weighted by Crippen LogP contribution is 2.51. The molecule has 4 heteroatoms. The van der Waals surface area contributed by atoms with Gasteiger partial charge in [0.25, 0.3) is 0 Å². The smallest absolute Gasteiger partial charge is 0.249 e. The van der Waals surface area contributed by atoms with Crippen molar-refractivity contribution in [2.45, 2.75) is 57.7 Å². The van der Waals surface area contributed by atoms with Crippen molar-refractivity contribution in [1.29, 1.82) is 0 Å². The summed E-state index contributed by atoms with van der Waals surface area (Å²) in [7, 11) is 0. The Morgan fingerprint density at radius 1 is 1.35 bits per heavy atom. The average molecular weight is 317 g/mol. The van der Waals surface area contributed by atoms with E-state index in [-0.39, 0.29) is 42.7 Å². The van der Waals surface area contributed by atoms with E-state index >= 15 is 0 Å². The van der Waals surface area contributed by atoms with Crippen LogP contribution in [0, 0.1) is 5.41 Å². The summed E-state index contributed by atoms with van der Waals surface area (Å²) in [6.45, 7) is 4.17. The molecule has 2 aliphatic heterocycles. The molecule has 1 N–H and O–H groups in total. The number of ether oxygens (including phenoxy) is 1. The van der Waals surface area contributed by atoms with Crippen molar-refractivity contribution in [2.75, 3.05) is 13.2 Å². The zero-order valence-corrected chi connectivity index (χ0v) is 14.1. The summed E-state index contributed by atoms with van der Waals surface area (Å²) in [5.74, 6) is 0.0783. The Balaban J connectivity index is 1.75. The summed E-state index contributed by atoms with van der Waals surface area (Å²) in [6, 6.07) is 10.7. The number of hydrogen-bond acceptors (Lipinski definition) is 3. The van der Waals surface area contributed by atoms with Gasteiger partial charge in [0.1, 0.15) is 6.61 Å². The molecule has 2 saturated heterocycles. The predicted molar refractivity (Wildman–Crippen MR) is 89.0 cm³/mol. The van der Waals surface area contributed by atoms with Crippen molar-refractivity contribution in [2.24, 2.45) is 5.41 Å². The van der Waals surface area contributed by atoms with E-state index in [1.165, 1.54) is 5.56 Å². The van der Waals surface area contributed by atoms with E-state index in [4.69, 9.17) is 4.74 Å². The average Bonchev–Trinajstić information content (AvgIpc) is 3.09. The van der Waals surface area contributed by atoms with Crippen molar-refractivity contribution >= 4 is 5.91 Å². The minimum Gasteiger partial charge on any atom is -0.396 e. The van der Waals surface area contributed by atoms with Gasteiger partial charge < -0.3 is 14.7 Å². The van der Waals surface area contributed by atoms with E-state index in [2.05, 4.69) is 12.1 Å². The lowest BCUT2D eigenvalue weighted by atomic mass is 9.70. The number of aliphatic hydroxyl groups is 1. The molecule has 0 aromatic heterocycles. The second kappa shape index (κ2) is 6.62. The Labute approximate surface area is 138 Å². The zero-order chi connectivity index (χ0) is 16.4. The fourth-order valence-electron chi connectivity index (χ4n) is 4.40. The van der Waals surface area contributed by atoms with Gasteiger partial charge in [0, 0.05) is 17.5 Å². The Hall–Kier alpha value is -1.39. The van der Waals surface area contributed by atoms with E-state index in [0.29, 0.717) is 0 Å². The molecule has 1 aromatic carbocycles. The first-order valence-electron chi connectivity index (χ1n) is 8.63. The maximum absolute atomic E-state index is 12.6. The molecule has 3 rings (SSSR count). The molecule has 2 heterocycles. The first-order chi connectivity index (χ1) is 11.1. The Morgan fingerprint density at radius 2 is 2.09 bits per heavy atom. The number of carbonyl (C=O) groups is 1. The van der Waals surface area contributed by atoms with Crippen molar-refractivity contribution in [3.8, 4) is 0 Å². The maximum Gasteiger partial charge on any atom is 0.249 e. The lowest BCUT2D eigenvalue weighted by Crippen LogP contribution is -2.45. The molecular weight excluding hydrogens is 290 g/mol. The number of rotatable bonds is 6. The molecule has 2 aliphatic rings. The lowest BCUT2D eigenvalue weighted by molar-refractivity contribution is -0.139. The number of aliphatic hydroxyl groups excluding tert-OH is 1. The molecule has 1 aromatic rings. The Morgan fingerprint density at radius 3 is 2.74 bits per heavy atom. The van der Waals surface area contributed by atoms with E-state index in [1.807, 2.05) is 36.9 Å². The summed E-state index contributed by atoms with van der Waals surface area (Å²) in [5, 5.41) is 10.1. The standard InChI is InChI=1S/C19H27NO3/c1-14(2)23-12-18(22)20-16-8-9-17(20)19(11-16,13-21)10-15-6-4-3-5-7-15/h3-7,14,16-17,21H,8-13H2,1-2H3/t16-,17+,19-/m0/s1. The predicted octanol–water partition coefficient (Wildman–Crippen LogP) is 2.40. The van der Waals surface area contributed by atoms with Crippen LogP contribution in [0.15, 0.2) is 30.3 Å². The third-order valence-electron chi connectivity index (χ3n) is 5.39. The van der Waals surface area contributed by atoms with Crippen LogP contribution in [-0.4, -0.2) is 47.3 Å². The molecule has 3 atom stereocenters. The van der Waals surface area contributed by atoms with Crippen molar-refractivity contribution in [3.05, 3.63) is 35.9 Å². The summed E-state index contributed by atoms with van der Waals surface area (Å²) in [6.07, 6.45) is 3.84. The van der Waals surface area contributed by atoms with Gasteiger partial charge in [0.05, 0.1) is 12.7 Å². The molecule has 2 bridgehead atoms. The van der Waals surface area contributed by atoms with Crippen molar-refractivity contribution in [3.63, 3.8) is 0 Å². The van der Waals surface area contributed by atoms with E-state index < -0.39 is 0 Å². The van der Waals surface area contributed by atoms with Gasteiger partial charge in [-0.15, -0.1) is 0 Å². The normalized spacial score (nSPS) is 29.5. The zero-order valence-electron chi connectivity index (χ0n) is 14.1. The Bertz CT molecular complexity index is 545. The Kier molecular flexibility index (Phi) is 4.74. The fourth-order valence-corrected chi connectivity index (χ4v) is 4.40. The van der Waals surface area contributed by atoms with Gasteiger partial charge in [-0.1, -0.05) is 30.3 Å². The van der Waals surface area contributed by atoms with Crippen LogP contribution in [0.3, 0.4) is 0 Å². The third kappa shape index (κ3) is 3.15. The van der Waals surface area contributed by atoms with Crippen molar-refractivity contribution < 1.29 is 14.6 Å². The van der Waals surface area contributed by atoms with Crippen LogP contribution in [0.5, 0.6) is 0 Å². The molecule has 0 radical (unpaired) electrons. The molecular formula is C19H27NO3. The minimum absolute atomic E-state index is 0.0612. The summed E-state index contributed by atoms with van der Waals surface area (Å²) >= 11 is 0. The summed E-state index contributed by atoms with van der Waals surface area (Å²) in [4.78, 5) is 14.6. The van der Waals surface area contributed by atoms with Crippen LogP contribution in [-0.2, 0) is 16.0 Å². The minimum atomic E-state index is -0.197. The van der Waals surface area contributed by atoms with E-state index in [1.54, 1.807) is 0 Å². The second-order valence-electron chi connectivity index (χ2n) is 7.29. The third-order valence-corrected chi connectivity index (χ3v) is 5.39. The molecule has 1 amide bonds.